The lowest BCUT2D eigenvalue weighted by Crippen LogP contribution is -2.56. The summed E-state index contributed by atoms with van der Waals surface area (Å²) in [7, 11) is 0. The predicted octanol–water partition coefficient (Wildman–Crippen LogP) is 1.55. The predicted molar refractivity (Wildman–Crippen MR) is 73.3 cm³/mol. The van der Waals surface area contributed by atoms with E-state index >= 15 is 0 Å². The zero-order valence-electron chi connectivity index (χ0n) is 11.4. The topological polar surface area (TPSA) is 87.2 Å². The van der Waals surface area contributed by atoms with Gasteiger partial charge in [0.15, 0.2) is 0 Å². The summed E-state index contributed by atoms with van der Waals surface area (Å²) < 4.78 is 0. The first-order chi connectivity index (χ1) is 10.0. The van der Waals surface area contributed by atoms with Crippen LogP contribution in [-0.2, 0) is 21.1 Å². The van der Waals surface area contributed by atoms with Crippen LogP contribution in [0.1, 0.15) is 12.5 Å². The minimum Gasteiger partial charge on any atom is -0.268 e. The fourth-order valence-corrected chi connectivity index (χ4v) is 2.01. The minimum absolute atomic E-state index is 0.00550. The van der Waals surface area contributed by atoms with E-state index in [1.807, 2.05) is 0 Å². The number of nitrogens with zero attached hydrogens (tertiary/aromatic N) is 2. The Balaban J connectivity index is 2.36. The number of urea groups is 1. The van der Waals surface area contributed by atoms with Gasteiger partial charge in [0.1, 0.15) is 6.61 Å². The summed E-state index contributed by atoms with van der Waals surface area (Å²) in [5, 5.41) is 8.38. The van der Waals surface area contributed by atoms with Crippen molar-refractivity contribution in [1.29, 1.82) is 0 Å². The smallest absolute Gasteiger partial charge is 0.268 e. The molecule has 4 amide bonds. The molecule has 7 nitrogen and oxygen atoms in total. The van der Waals surface area contributed by atoms with E-state index in [-0.39, 0.29) is 18.7 Å². The molecule has 1 fully saturated rings. The molecule has 21 heavy (non-hydrogen) atoms. The number of imide groups is 2. The molecule has 1 saturated heterocycles. The number of barbiturate groups is 1. The fraction of sp³-hybridized carbons (Fsp3) is 0.214. The normalized spacial score (nSPS) is 15.9. The van der Waals surface area contributed by atoms with Gasteiger partial charge in [0, 0.05) is 6.54 Å². The van der Waals surface area contributed by atoms with Crippen molar-refractivity contribution in [2.45, 2.75) is 13.5 Å². The SMILES string of the molecule is C=C1C(=O)N(CC)C(=O)N(c2ccc(COO)cc2)C1=O. The van der Waals surface area contributed by atoms with Crippen LogP contribution in [0.15, 0.2) is 36.4 Å². The first-order valence-corrected chi connectivity index (χ1v) is 6.25. The van der Waals surface area contributed by atoms with E-state index < -0.39 is 17.8 Å². The second-order valence-corrected chi connectivity index (χ2v) is 4.39. The lowest BCUT2D eigenvalue weighted by molar-refractivity contribution is -0.253. The largest absolute Gasteiger partial charge is 0.338 e. The quantitative estimate of drug-likeness (QED) is 0.393. The summed E-state index contributed by atoms with van der Waals surface area (Å²) in [6.07, 6.45) is 0. The van der Waals surface area contributed by atoms with Gasteiger partial charge < -0.3 is 0 Å². The lowest BCUT2D eigenvalue weighted by Gasteiger charge is -2.32. The van der Waals surface area contributed by atoms with Gasteiger partial charge in [0.25, 0.3) is 11.8 Å². The fourth-order valence-electron chi connectivity index (χ4n) is 2.01. The average Bonchev–Trinajstić information content (AvgIpc) is 2.48. The molecule has 0 unspecified atom stereocenters. The van der Waals surface area contributed by atoms with Gasteiger partial charge in [0.2, 0.25) is 0 Å². The summed E-state index contributed by atoms with van der Waals surface area (Å²) >= 11 is 0. The molecule has 1 aromatic rings. The maximum absolute atomic E-state index is 12.2. The van der Waals surface area contributed by atoms with Crippen molar-refractivity contribution in [3.05, 3.63) is 42.0 Å². The number of amides is 4. The highest BCUT2D eigenvalue weighted by atomic mass is 17.1. The zero-order chi connectivity index (χ0) is 15.6. The van der Waals surface area contributed by atoms with Gasteiger partial charge in [-0.1, -0.05) is 18.7 Å². The summed E-state index contributed by atoms with van der Waals surface area (Å²) in [4.78, 5) is 42.0. The molecule has 7 heteroatoms. The zero-order valence-corrected chi connectivity index (χ0v) is 11.4. The lowest BCUT2D eigenvalue weighted by atomic mass is 10.1. The minimum atomic E-state index is -0.735. The summed E-state index contributed by atoms with van der Waals surface area (Å²) in [5.41, 5.74) is 0.735. The molecule has 0 saturated carbocycles. The molecule has 0 atom stereocenters. The van der Waals surface area contributed by atoms with Crippen molar-refractivity contribution in [2.24, 2.45) is 0 Å². The second kappa shape index (κ2) is 5.86. The molecule has 1 aromatic carbocycles. The van der Waals surface area contributed by atoms with E-state index in [4.69, 9.17) is 5.26 Å². The number of hydrogen-bond donors (Lipinski definition) is 1. The highest BCUT2D eigenvalue weighted by molar-refractivity contribution is 6.37. The highest BCUT2D eigenvalue weighted by Gasteiger charge is 2.40. The van der Waals surface area contributed by atoms with Crippen LogP contribution in [0.2, 0.25) is 0 Å². The Morgan fingerprint density at radius 2 is 1.76 bits per heavy atom. The summed E-state index contributed by atoms with van der Waals surface area (Å²) in [6.45, 7) is 5.23. The molecule has 0 bridgehead atoms. The molecule has 1 N–H and O–H groups in total. The Labute approximate surface area is 120 Å². The molecular weight excluding hydrogens is 276 g/mol. The molecular formula is C14H14N2O5. The van der Waals surface area contributed by atoms with Crippen LogP contribution in [0.3, 0.4) is 0 Å². The number of rotatable bonds is 4. The molecule has 2 rings (SSSR count). The van der Waals surface area contributed by atoms with Crippen LogP contribution in [0, 0.1) is 0 Å². The molecule has 110 valence electrons. The average molecular weight is 290 g/mol. The number of benzene rings is 1. The van der Waals surface area contributed by atoms with E-state index in [9.17, 15) is 14.4 Å². The van der Waals surface area contributed by atoms with Gasteiger partial charge in [-0.3, -0.25) is 19.7 Å². The van der Waals surface area contributed by atoms with Crippen LogP contribution < -0.4 is 4.90 Å². The summed E-state index contributed by atoms with van der Waals surface area (Å²) in [5.74, 6) is -1.41. The Morgan fingerprint density at radius 1 is 1.14 bits per heavy atom. The third kappa shape index (κ3) is 2.56. The van der Waals surface area contributed by atoms with Crippen LogP contribution in [0.4, 0.5) is 10.5 Å². The molecule has 1 aliphatic rings. The Hall–Kier alpha value is -2.51. The number of hydrogen-bond acceptors (Lipinski definition) is 5. The van der Waals surface area contributed by atoms with Crippen LogP contribution in [0.25, 0.3) is 0 Å². The van der Waals surface area contributed by atoms with Gasteiger partial charge in [-0.15, -0.1) is 0 Å². The molecule has 0 radical (unpaired) electrons. The van der Waals surface area contributed by atoms with E-state index in [0.717, 1.165) is 9.80 Å². The maximum atomic E-state index is 12.2. The maximum Gasteiger partial charge on any atom is 0.338 e. The van der Waals surface area contributed by atoms with Crippen LogP contribution in [0.5, 0.6) is 0 Å². The second-order valence-electron chi connectivity index (χ2n) is 4.39. The number of carbonyl (C=O) groups is 3. The molecule has 1 heterocycles. The number of anilines is 1. The van der Waals surface area contributed by atoms with Crippen molar-refractivity contribution in [1.82, 2.24) is 4.90 Å². The van der Waals surface area contributed by atoms with Gasteiger partial charge in [-0.25, -0.2) is 14.6 Å². The van der Waals surface area contributed by atoms with E-state index in [2.05, 4.69) is 11.5 Å². The van der Waals surface area contributed by atoms with Crippen molar-refractivity contribution in [3.8, 4) is 0 Å². The molecule has 1 aliphatic heterocycles. The van der Waals surface area contributed by atoms with Crippen LogP contribution in [-0.4, -0.2) is 34.5 Å². The third-order valence-electron chi connectivity index (χ3n) is 3.13. The van der Waals surface area contributed by atoms with Crippen LogP contribution >= 0.6 is 0 Å². The Kier molecular flexibility index (Phi) is 4.15. The molecule has 0 aromatic heterocycles. The molecule has 0 spiro atoms. The van der Waals surface area contributed by atoms with Gasteiger partial charge in [-0.2, -0.15) is 0 Å². The number of likely N-dealkylation sites (N-methyl/N-ethyl adjacent to an activating group) is 1. The highest BCUT2D eigenvalue weighted by Crippen LogP contribution is 2.24. The number of carbonyl (C=O) groups excluding carboxylic acids is 3. The third-order valence-corrected chi connectivity index (χ3v) is 3.13. The summed E-state index contributed by atoms with van der Waals surface area (Å²) in [6, 6.07) is 5.55. The monoisotopic (exact) mass is 290 g/mol. The van der Waals surface area contributed by atoms with E-state index in [1.165, 1.54) is 12.1 Å². The van der Waals surface area contributed by atoms with Gasteiger partial charge >= 0.3 is 6.03 Å². The first kappa shape index (κ1) is 14.9. The van der Waals surface area contributed by atoms with E-state index in [1.54, 1.807) is 19.1 Å². The van der Waals surface area contributed by atoms with Crippen molar-refractivity contribution < 1.29 is 24.5 Å². The Morgan fingerprint density at radius 3 is 2.29 bits per heavy atom. The van der Waals surface area contributed by atoms with E-state index in [0.29, 0.717) is 11.3 Å². The molecule has 0 aliphatic carbocycles. The Bertz CT molecular complexity index is 608. The van der Waals surface area contributed by atoms with Gasteiger partial charge in [0.05, 0.1) is 11.3 Å². The standard InChI is InChI=1S/C14H14N2O5/c1-3-15-12(17)9(2)13(18)16(14(15)19)11-6-4-10(5-7-11)8-21-20/h4-7,20H,2-3,8H2,1H3. The van der Waals surface area contributed by atoms with Gasteiger partial charge in [-0.05, 0) is 24.6 Å². The van der Waals surface area contributed by atoms with Crippen molar-refractivity contribution in [3.63, 3.8) is 0 Å². The van der Waals surface area contributed by atoms with Crippen molar-refractivity contribution in [2.75, 3.05) is 11.4 Å². The van der Waals surface area contributed by atoms with Crippen molar-refractivity contribution >= 4 is 23.5 Å². The first-order valence-electron chi connectivity index (χ1n) is 6.25.